The third-order valence-electron chi connectivity index (χ3n) is 3.13. The van der Waals surface area contributed by atoms with Crippen molar-refractivity contribution in [2.45, 2.75) is 25.3 Å². The van der Waals surface area contributed by atoms with E-state index in [1.807, 2.05) is 0 Å². The van der Waals surface area contributed by atoms with E-state index in [4.69, 9.17) is 5.73 Å². The zero-order chi connectivity index (χ0) is 12.3. The topological polar surface area (TPSA) is 79.5 Å². The average Bonchev–Trinajstić information content (AvgIpc) is 2.38. The number of aliphatic hydroxyl groups excluding tert-OH is 1. The van der Waals surface area contributed by atoms with Crippen LogP contribution in [0.5, 0.6) is 0 Å². The Morgan fingerprint density at radius 3 is 3.12 bits per heavy atom. The van der Waals surface area contributed by atoms with Crippen molar-refractivity contribution < 1.29 is 9.90 Å². The summed E-state index contributed by atoms with van der Waals surface area (Å²) in [7, 11) is 0. The van der Waals surface area contributed by atoms with Crippen molar-refractivity contribution in [1.82, 2.24) is 9.88 Å². The van der Waals surface area contributed by atoms with Gasteiger partial charge in [-0.3, -0.25) is 4.79 Å². The number of amides is 1. The molecule has 1 aliphatic rings. The lowest BCUT2D eigenvalue weighted by molar-refractivity contribution is 0.0503. The average molecular weight is 235 g/mol. The molecule has 1 aliphatic heterocycles. The Balaban J connectivity index is 2.18. The molecule has 3 N–H and O–H groups in total. The summed E-state index contributed by atoms with van der Waals surface area (Å²) in [5.74, 6) is 0.270. The number of hydrogen-bond donors (Lipinski definition) is 2. The van der Waals surface area contributed by atoms with E-state index in [-0.39, 0.29) is 18.6 Å². The molecule has 0 spiro atoms. The minimum absolute atomic E-state index is 0.0201. The Labute approximate surface area is 100 Å². The predicted molar refractivity (Wildman–Crippen MR) is 64.4 cm³/mol. The van der Waals surface area contributed by atoms with Crippen LogP contribution in [-0.2, 0) is 0 Å². The third kappa shape index (κ3) is 2.55. The lowest BCUT2D eigenvalue weighted by Gasteiger charge is -2.34. The molecule has 1 aromatic heterocycles. The lowest BCUT2D eigenvalue weighted by Crippen LogP contribution is -2.45. The number of aromatic nitrogens is 1. The second-order valence-electron chi connectivity index (χ2n) is 4.30. The fourth-order valence-electron chi connectivity index (χ4n) is 2.20. The Morgan fingerprint density at radius 1 is 1.59 bits per heavy atom. The minimum Gasteiger partial charge on any atom is -0.394 e. The van der Waals surface area contributed by atoms with E-state index in [0.717, 1.165) is 19.3 Å². The molecule has 1 saturated heterocycles. The predicted octanol–water partition coefficient (Wildman–Crippen LogP) is 0.651. The number of nitrogen functional groups attached to an aromatic ring is 1. The van der Waals surface area contributed by atoms with Crippen LogP contribution in [0.4, 0.5) is 5.82 Å². The van der Waals surface area contributed by atoms with Crippen LogP contribution in [0.3, 0.4) is 0 Å². The number of hydrogen-bond acceptors (Lipinski definition) is 4. The number of pyridine rings is 1. The van der Waals surface area contributed by atoms with Gasteiger partial charge in [-0.25, -0.2) is 4.98 Å². The summed E-state index contributed by atoms with van der Waals surface area (Å²) in [6.45, 7) is 0.721. The number of piperidine rings is 1. The highest BCUT2D eigenvalue weighted by molar-refractivity contribution is 5.95. The molecule has 17 heavy (non-hydrogen) atoms. The van der Waals surface area contributed by atoms with Crippen molar-refractivity contribution in [3.63, 3.8) is 0 Å². The molecule has 0 aliphatic carbocycles. The fourth-order valence-corrected chi connectivity index (χ4v) is 2.20. The molecule has 92 valence electrons. The maximum absolute atomic E-state index is 12.3. The van der Waals surface area contributed by atoms with Crippen LogP contribution < -0.4 is 5.73 Å². The van der Waals surface area contributed by atoms with Gasteiger partial charge in [-0.1, -0.05) is 0 Å². The number of anilines is 1. The molecule has 5 nitrogen and oxygen atoms in total. The van der Waals surface area contributed by atoms with Crippen LogP contribution >= 0.6 is 0 Å². The maximum atomic E-state index is 12.3. The molecule has 2 rings (SSSR count). The van der Waals surface area contributed by atoms with E-state index < -0.39 is 0 Å². The summed E-state index contributed by atoms with van der Waals surface area (Å²) in [4.78, 5) is 17.9. The van der Waals surface area contributed by atoms with Crippen molar-refractivity contribution in [3.05, 3.63) is 23.9 Å². The quantitative estimate of drug-likeness (QED) is 0.788. The van der Waals surface area contributed by atoms with Gasteiger partial charge in [0.15, 0.2) is 0 Å². The van der Waals surface area contributed by atoms with Crippen molar-refractivity contribution in [3.8, 4) is 0 Å². The molecule has 2 heterocycles. The van der Waals surface area contributed by atoms with E-state index in [1.54, 1.807) is 17.0 Å². The molecule has 0 saturated carbocycles. The van der Waals surface area contributed by atoms with E-state index in [2.05, 4.69) is 4.98 Å². The number of carbonyl (C=O) groups excluding carboxylic acids is 1. The lowest BCUT2D eigenvalue weighted by atomic mass is 10.0. The van der Waals surface area contributed by atoms with E-state index in [0.29, 0.717) is 17.9 Å². The number of nitrogens with two attached hydrogens (primary N) is 1. The number of rotatable bonds is 2. The molecular formula is C12H17N3O2. The molecule has 0 aromatic carbocycles. The van der Waals surface area contributed by atoms with Crippen LogP contribution in [0.1, 0.15) is 29.6 Å². The Hall–Kier alpha value is -1.62. The van der Waals surface area contributed by atoms with E-state index >= 15 is 0 Å². The largest absolute Gasteiger partial charge is 0.394 e. The van der Waals surface area contributed by atoms with Crippen molar-refractivity contribution >= 4 is 11.7 Å². The van der Waals surface area contributed by atoms with Crippen LogP contribution in [-0.4, -0.2) is 40.1 Å². The Bertz CT molecular complexity index is 408. The molecule has 1 atom stereocenters. The Kier molecular flexibility index (Phi) is 3.58. The van der Waals surface area contributed by atoms with Gasteiger partial charge in [0, 0.05) is 18.3 Å². The number of likely N-dealkylation sites (tertiary alicyclic amines) is 1. The third-order valence-corrected chi connectivity index (χ3v) is 3.13. The molecule has 1 fully saturated rings. The number of aliphatic hydroxyl groups is 1. The standard InChI is InChI=1S/C12H17N3O2/c13-11-7-9(4-5-14-11)12(17)15-6-2-1-3-10(15)8-16/h4-5,7,10,16H,1-3,6,8H2,(H2,13,14). The van der Waals surface area contributed by atoms with Gasteiger partial charge in [-0.2, -0.15) is 0 Å². The van der Waals surface area contributed by atoms with E-state index in [1.165, 1.54) is 6.20 Å². The zero-order valence-corrected chi connectivity index (χ0v) is 9.67. The molecular weight excluding hydrogens is 218 g/mol. The second kappa shape index (κ2) is 5.14. The van der Waals surface area contributed by atoms with Crippen LogP contribution in [0, 0.1) is 0 Å². The SMILES string of the molecule is Nc1cc(C(=O)N2CCCCC2CO)ccn1. The first kappa shape index (κ1) is 11.9. The summed E-state index contributed by atoms with van der Waals surface area (Å²) in [5, 5.41) is 9.28. The first-order valence-corrected chi connectivity index (χ1v) is 5.85. The fraction of sp³-hybridized carbons (Fsp3) is 0.500. The molecule has 0 bridgehead atoms. The number of nitrogens with zero attached hydrogens (tertiary/aromatic N) is 2. The van der Waals surface area contributed by atoms with E-state index in [9.17, 15) is 9.90 Å². The molecule has 1 amide bonds. The van der Waals surface area contributed by atoms with Gasteiger partial charge in [-0.05, 0) is 31.4 Å². The smallest absolute Gasteiger partial charge is 0.254 e. The molecule has 1 aromatic rings. The summed E-state index contributed by atoms with van der Waals surface area (Å²) in [6.07, 6.45) is 4.44. The van der Waals surface area contributed by atoms with Crippen molar-refractivity contribution in [1.29, 1.82) is 0 Å². The zero-order valence-electron chi connectivity index (χ0n) is 9.67. The number of carbonyl (C=O) groups is 1. The summed E-state index contributed by atoms with van der Waals surface area (Å²) >= 11 is 0. The van der Waals surface area contributed by atoms with Crippen molar-refractivity contribution in [2.75, 3.05) is 18.9 Å². The van der Waals surface area contributed by atoms with Crippen molar-refractivity contribution in [2.24, 2.45) is 0 Å². The highest BCUT2D eigenvalue weighted by Gasteiger charge is 2.26. The van der Waals surface area contributed by atoms with Gasteiger partial charge in [0.25, 0.3) is 5.91 Å². The minimum atomic E-state index is -0.0714. The van der Waals surface area contributed by atoms with Gasteiger partial charge in [0.1, 0.15) is 5.82 Å². The van der Waals surface area contributed by atoms with Crippen LogP contribution in [0.2, 0.25) is 0 Å². The highest BCUT2D eigenvalue weighted by Crippen LogP contribution is 2.19. The van der Waals surface area contributed by atoms with Crippen LogP contribution in [0.25, 0.3) is 0 Å². The van der Waals surface area contributed by atoms with Gasteiger partial charge in [-0.15, -0.1) is 0 Å². The van der Waals surface area contributed by atoms with Crippen LogP contribution in [0.15, 0.2) is 18.3 Å². The molecule has 1 unspecified atom stereocenters. The molecule has 0 radical (unpaired) electrons. The van der Waals surface area contributed by atoms with Gasteiger partial charge >= 0.3 is 0 Å². The second-order valence-corrected chi connectivity index (χ2v) is 4.30. The first-order valence-electron chi connectivity index (χ1n) is 5.85. The Morgan fingerprint density at radius 2 is 2.41 bits per heavy atom. The van der Waals surface area contributed by atoms with Gasteiger partial charge < -0.3 is 15.7 Å². The van der Waals surface area contributed by atoms with Gasteiger partial charge in [0.2, 0.25) is 0 Å². The monoisotopic (exact) mass is 235 g/mol. The molecule has 5 heteroatoms. The summed E-state index contributed by atoms with van der Waals surface area (Å²) < 4.78 is 0. The summed E-state index contributed by atoms with van der Waals surface area (Å²) in [6, 6.07) is 3.17. The maximum Gasteiger partial charge on any atom is 0.254 e. The highest BCUT2D eigenvalue weighted by atomic mass is 16.3. The first-order chi connectivity index (χ1) is 8.22. The normalized spacial score (nSPS) is 20.3. The summed E-state index contributed by atoms with van der Waals surface area (Å²) in [5.41, 5.74) is 6.10. The van der Waals surface area contributed by atoms with Gasteiger partial charge in [0.05, 0.1) is 12.6 Å².